The minimum Gasteiger partial charge on any atom is -0.350 e. The molecule has 6 heteroatoms. The first-order chi connectivity index (χ1) is 11.0. The van der Waals surface area contributed by atoms with Crippen molar-refractivity contribution in [1.82, 2.24) is 10.2 Å². The number of carbonyl (C=O) groups is 2. The Morgan fingerprint density at radius 1 is 1.25 bits per heavy atom. The molecule has 1 unspecified atom stereocenters. The Labute approximate surface area is 154 Å². The van der Waals surface area contributed by atoms with Crippen LogP contribution in [0.1, 0.15) is 53.0 Å². The molecule has 0 bridgehead atoms. The van der Waals surface area contributed by atoms with Gasteiger partial charge in [-0.1, -0.05) is 36.2 Å². The van der Waals surface area contributed by atoms with Gasteiger partial charge in [0.05, 0.1) is 0 Å². The largest absolute Gasteiger partial charge is 0.350 e. The molecule has 0 aromatic heterocycles. The van der Waals surface area contributed by atoms with Crippen LogP contribution in [0.3, 0.4) is 0 Å². The zero-order valence-corrected chi connectivity index (χ0v) is 16.5. The lowest BCUT2D eigenvalue weighted by Gasteiger charge is -2.31. The second kappa shape index (κ2) is 8.72. The van der Waals surface area contributed by atoms with E-state index in [1.54, 1.807) is 30.0 Å². The van der Waals surface area contributed by atoms with E-state index < -0.39 is 6.04 Å². The van der Waals surface area contributed by atoms with Crippen LogP contribution in [0.25, 0.3) is 0 Å². The molecule has 1 N–H and O–H groups in total. The molecule has 0 spiro atoms. The third kappa shape index (κ3) is 6.33. The molecule has 0 aliphatic carbocycles. The first-order valence-electron chi connectivity index (χ1n) is 8.10. The Balaban J connectivity index is 3.03. The third-order valence-electron chi connectivity index (χ3n) is 3.49. The van der Waals surface area contributed by atoms with Gasteiger partial charge in [-0.15, -0.1) is 0 Å². The van der Waals surface area contributed by atoms with Crippen LogP contribution < -0.4 is 5.32 Å². The van der Waals surface area contributed by atoms with Gasteiger partial charge in [-0.05, 0) is 51.8 Å². The molecule has 24 heavy (non-hydrogen) atoms. The summed E-state index contributed by atoms with van der Waals surface area (Å²) in [6.07, 6.45) is 1.11. The zero-order chi connectivity index (χ0) is 18.5. The first-order valence-corrected chi connectivity index (χ1v) is 8.86. The maximum absolute atomic E-state index is 12.5. The second-order valence-corrected chi connectivity index (χ2v) is 7.77. The number of amides is 2. The van der Waals surface area contributed by atoms with E-state index in [0.29, 0.717) is 16.5 Å². The van der Waals surface area contributed by atoms with E-state index in [2.05, 4.69) is 5.32 Å². The Morgan fingerprint density at radius 3 is 2.38 bits per heavy atom. The summed E-state index contributed by atoms with van der Waals surface area (Å²) < 4.78 is 0. The summed E-state index contributed by atoms with van der Waals surface area (Å²) in [6, 6.07) is 4.56. The molecule has 0 aliphatic heterocycles. The SMILES string of the molecule is CCCC(=O)N(Cc1ccc(Cl)cc1Cl)C(C)C(=O)NC(C)(C)C. The highest BCUT2D eigenvalue weighted by Crippen LogP contribution is 2.23. The quantitative estimate of drug-likeness (QED) is 0.802. The smallest absolute Gasteiger partial charge is 0.242 e. The molecule has 1 rings (SSSR count). The molecule has 4 nitrogen and oxygen atoms in total. The topological polar surface area (TPSA) is 49.4 Å². The minimum absolute atomic E-state index is 0.0694. The van der Waals surface area contributed by atoms with Crippen LogP contribution >= 0.6 is 23.2 Å². The number of nitrogens with zero attached hydrogens (tertiary/aromatic N) is 1. The Morgan fingerprint density at radius 2 is 1.88 bits per heavy atom. The van der Waals surface area contributed by atoms with Gasteiger partial charge in [0.25, 0.3) is 0 Å². The monoisotopic (exact) mass is 372 g/mol. The summed E-state index contributed by atoms with van der Waals surface area (Å²) in [4.78, 5) is 26.6. The van der Waals surface area contributed by atoms with Gasteiger partial charge < -0.3 is 10.2 Å². The fourth-order valence-corrected chi connectivity index (χ4v) is 2.72. The zero-order valence-electron chi connectivity index (χ0n) is 15.0. The maximum atomic E-state index is 12.5. The number of rotatable bonds is 6. The number of halogens is 2. The lowest BCUT2D eigenvalue weighted by Crippen LogP contribution is -2.52. The summed E-state index contributed by atoms with van der Waals surface area (Å²) >= 11 is 12.1. The van der Waals surface area contributed by atoms with E-state index in [-0.39, 0.29) is 23.9 Å². The predicted octanol–water partition coefficient (Wildman–Crippen LogP) is 4.43. The van der Waals surface area contributed by atoms with E-state index >= 15 is 0 Å². The Kier molecular flexibility index (Phi) is 7.56. The van der Waals surface area contributed by atoms with Crippen molar-refractivity contribution in [1.29, 1.82) is 0 Å². The van der Waals surface area contributed by atoms with Crippen LogP contribution in [0.15, 0.2) is 18.2 Å². The van der Waals surface area contributed by atoms with E-state index in [0.717, 1.165) is 12.0 Å². The van der Waals surface area contributed by atoms with Gasteiger partial charge in [0.1, 0.15) is 6.04 Å². The van der Waals surface area contributed by atoms with E-state index in [1.807, 2.05) is 27.7 Å². The fraction of sp³-hybridized carbons (Fsp3) is 0.556. The van der Waals surface area contributed by atoms with Gasteiger partial charge in [0.15, 0.2) is 0 Å². The first kappa shape index (κ1) is 20.8. The van der Waals surface area contributed by atoms with E-state index in [4.69, 9.17) is 23.2 Å². The molecular formula is C18H26Cl2N2O2. The van der Waals surface area contributed by atoms with Gasteiger partial charge in [-0.25, -0.2) is 0 Å². The number of nitrogens with one attached hydrogen (secondary N) is 1. The lowest BCUT2D eigenvalue weighted by molar-refractivity contribution is -0.141. The summed E-state index contributed by atoms with van der Waals surface area (Å²) in [6.45, 7) is 9.67. The molecule has 0 fully saturated rings. The summed E-state index contributed by atoms with van der Waals surface area (Å²) in [5.41, 5.74) is 0.406. The van der Waals surface area contributed by atoms with E-state index in [1.165, 1.54) is 0 Å². The normalized spacial score (nSPS) is 12.6. The van der Waals surface area contributed by atoms with Crippen LogP contribution in [-0.2, 0) is 16.1 Å². The molecule has 1 aromatic rings. The highest BCUT2D eigenvalue weighted by atomic mass is 35.5. The molecule has 0 aliphatic rings. The molecule has 1 atom stereocenters. The van der Waals surface area contributed by atoms with Gasteiger partial charge in [0.2, 0.25) is 11.8 Å². The fourth-order valence-electron chi connectivity index (χ4n) is 2.25. The van der Waals surface area contributed by atoms with Crippen molar-refractivity contribution in [3.05, 3.63) is 33.8 Å². The average Bonchev–Trinajstić information content (AvgIpc) is 2.44. The van der Waals surface area contributed by atoms with Crippen molar-refractivity contribution in [2.24, 2.45) is 0 Å². The predicted molar refractivity (Wildman–Crippen MR) is 99.3 cm³/mol. The maximum Gasteiger partial charge on any atom is 0.242 e. The molecule has 0 radical (unpaired) electrons. The highest BCUT2D eigenvalue weighted by molar-refractivity contribution is 6.35. The van der Waals surface area contributed by atoms with Gasteiger partial charge in [-0.2, -0.15) is 0 Å². The molecule has 134 valence electrons. The van der Waals surface area contributed by atoms with Crippen molar-refractivity contribution >= 4 is 35.0 Å². The minimum atomic E-state index is -0.588. The Hall–Kier alpha value is -1.26. The summed E-state index contributed by atoms with van der Waals surface area (Å²) in [7, 11) is 0. The van der Waals surface area contributed by atoms with Crippen molar-refractivity contribution in [2.75, 3.05) is 0 Å². The van der Waals surface area contributed by atoms with Crippen LogP contribution in [0.4, 0.5) is 0 Å². The highest BCUT2D eigenvalue weighted by Gasteiger charge is 2.28. The Bertz CT molecular complexity index is 597. The molecule has 0 saturated heterocycles. The number of benzene rings is 1. The summed E-state index contributed by atoms with van der Waals surface area (Å²) in [5.74, 6) is -0.253. The number of hydrogen-bond acceptors (Lipinski definition) is 2. The molecule has 0 heterocycles. The van der Waals surface area contributed by atoms with Crippen LogP contribution in [-0.4, -0.2) is 28.3 Å². The van der Waals surface area contributed by atoms with Gasteiger partial charge >= 0.3 is 0 Å². The van der Waals surface area contributed by atoms with Gasteiger partial charge in [-0.3, -0.25) is 9.59 Å². The van der Waals surface area contributed by atoms with Crippen molar-refractivity contribution in [2.45, 2.75) is 65.6 Å². The van der Waals surface area contributed by atoms with Crippen LogP contribution in [0, 0.1) is 0 Å². The number of hydrogen-bond donors (Lipinski definition) is 1. The van der Waals surface area contributed by atoms with Crippen LogP contribution in [0.2, 0.25) is 10.0 Å². The number of carbonyl (C=O) groups excluding carboxylic acids is 2. The van der Waals surface area contributed by atoms with E-state index in [9.17, 15) is 9.59 Å². The molecule has 1 aromatic carbocycles. The second-order valence-electron chi connectivity index (χ2n) is 6.92. The average molecular weight is 373 g/mol. The molecule has 2 amide bonds. The van der Waals surface area contributed by atoms with Crippen molar-refractivity contribution in [3.8, 4) is 0 Å². The molecule has 0 saturated carbocycles. The van der Waals surface area contributed by atoms with Gasteiger partial charge in [0, 0.05) is 28.5 Å². The van der Waals surface area contributed by atoms with Crippen LogP contribution in [0.5, 0.6) is 0 Å². The lowest BCUT2D eigenvalue weighted by atomic mass is 10.1. The van der Waals surface area contributed by atoms with Crippen molar-refractivity contribution < 1.29 is 9.59 Å². The molecular weight excluding hydrogens is 347 g/mol. The standard InChI is InChI=1S/C18H26Cl2N2O2/c1-6-7-16(23)22(12(2)17(24)21-18(3,4)5)11-13-8-9-14(19)10-15(13)20/h8-10,12H,6-7,11H2,1-5H3,(H,21,24). The third-order valence-corrected chi connectivity index (χ3v) is 4.07. The summed E-state index contributed by atoms with van der Waals surface area (Å²) in [5, 5.41) is 3.94. The van der Waals surface area contributed by atoms with Crippen molar-refractivity contribution in [3.63, 3.8) is 0 Å².